The van der Waals surface area contributed by atoms with Gasteiger partial charge < -0.3 is 14.8 Å². The highest BCUT2D eigenvalue weighted by molar-refractivity contribution is 5.84. The Balaban J connectivity index is 1.45. The lowest BCUT2D eigenvalue weighted by molar-refractivity contribution is -0.150. The van der Waals surface area contributed by atoms with Gasteiger partial charge in [-0.1, -0.05) is 42.5 Å². The summed E-state index contributed by atoms with van der Waals surface area (Å²) in [7, 11) is 0. The number of carbonyl (C=O) groups is 2. The number of carbonyl (C=O) groups excluding carboxylic acids is 2. The van der Waals surface area contributed by atoms with Crippen molar-refractivity contribution < 1.29 is 23.5 Å². The Morgan fingerprint density at radius 3 is 2.54 bits per heavy atom. The molecule has 5 nitrogen and oxygen atoms in total. The standard InChI is InChI=1S/C22H20FNO4/c1-15(17-10-9-16-5-2-3-6-18(16)11-17)24-21(25)13-28-22(26)14-27-20-8-4-7-19(23)12-20/h2-12,15H,13-14H2,1H3,(H,24,25)/t15-/m1/s1. The molecule has 0 radical (unpaired) electrons. The average molecular weight is 381 g/mol. The van der Waals surface area contributed by atoms with E-state index >= 15 is 0 Å². The van der Waals surface area contributed by atoms with Gasteiger partial charge in [0.15, 0.2) is 13.2 Å². The van der Waals surface area contributed by atoms with Crippen molar-refractivity contribution in [2.45, 2.75) is 13.0 Å². The molecule has 0 aliphatic carbocycles. The molecule has 0 bridgehead atoms. The van der Waals surface area contributed by atoms with Gasteiger partial charge in [0.25, 0.3) is 5.91 Å². The molecule has 0 saturated heterocycles. The van der Waals surface area contributed by atoms with Gasteiger partial charge in [-0.15, -0.1) is 0 Å². The van der Waals surface area contributed by atoms with E-state index in [1.807, 2.05) is 49.4 Å². The largest absolute Gasteiger partial charge is 0.482 e. The monoisotopic (exact) mass is 381 g/mol. The summed E-state index contributed by atoms with van der Waals surface area (Å²) < 4.78 is 23.1. The van der Waals surface area contributed by atoms with Gasteiger partial charge in [-0.25, -0.2) is 9.18 Å². The number of esters is 1. The minimum absolute atomic E-state index is 0.214. The second-order valence-electron chi connectivity index (χ2n) is 6.30. The molecule has 0 aliphatic rings. The number of nitrogens with one attached hydrogen (secondary N) is 1. The highest BCUT2D eigenvalue weighted by Gasteiger charge is 2.13. The zero-order valence-electron chi connectivity index (χ0n) is 15.4. The molecule has 0 spiro atoms. The molecular weight excluding hydrogens is 361 g/mol. The molecule has 0 fully saturated rings. The molecular formula is C22H20FNO4. The number of halogens is 1. The Morgan fingerprint density at radius 2 is 1.75 bits per heavy atom. The van der Waals surface area contributed by atoms with Crippen LogP contribution in [0.5, 0.6) is 5.75 Å². The summed E-state index contributed by atoms with van der Waals surface area (Å²) in [6, 6.07) is 19.1. The lowest BCUT2D eigenvalue weighted by atomic mass is 10.0. The van der Waals surface area contributed by atoms with E-state index in [1.165, 1.54) is 18.2 Å². The van der Waals surface area contributed by atoms with Crippen molar-refractivity contribution >= 4 is 22.6 Å². The highest BCUT2D eigenvalue weighted by Crippen LogP contribution is 2.20. The van der Waals surface area contributed by atoms with Gasteiger partial charge in [0.05, 0.1) is 6.04 Å². The minimum atomic E-state index is -0.710. The zero-order valence-corrected chi connectivity index (χ0v) is 15.4. The van der Waals surface area contributed by atoms with Crippen molar-refractivity contribution in [2.24, 2.45) is 0 Å². The summed E-state index contributed by atoms with van der Waals surface area (Å²) in [6.45, 7) is 1.04. The Morgan fingerprint density at radius 1 is 0.964 bits per heavy atom. The first-order valence-electron chi connectivity index (χ1n) is 8.83. The van der Waals surface area contributed by atoms with Crippen LogP contribution in [0.2, 0.25) is 0 Å². The Bertz CT molecular complexity index is 989. The molecule has 1 N–H and O–H groups in total. The fourth-order valence-corrected chi connectivity index (χ4v) is 2.73. The molecule has 0 unspecified atom stereocenters. The molecule has 28 heavy (non-hydrogen) atoms. The van der Waals surface area contributed by atoms with Crippen LogP contribution in [-0.2, 0) is 14.3 Å². The number of benzene rings is 3. The van der Waals surface area contributed by atoms with E-state index in [4.69, 9.17) is 9.47 Å². The Kier molecular flexibility index (Phi) is 6.22. The number of amides is 1. The Labute approximate surface area is 162 Å². The van der Waals surface area contributed by atoms with Gasteiger partial charge in [0, 0.05) is 6.07 Å². The predicted octanol–water partition coefficient (Wildman–Crippen LogP) is 3.78. The first-order valence-corrected chi connectivity index (χ1v) is 8.83. The topological polar surface area (TPSA) is 64.6 Å². The molecule has 0 aliphatic heterocycles. The fraction of sp³-hybridized carbons (Fsp3) is 0.182. The maximum Gasteiger partial charge on any atom is 0.344 e. The van der Waals surface area contributed by atoms with E-state index in [1.54, 1.807) is 0 Å². The molecule has 3 aromatic rings. The van der Waals surface area contributed by atoms with Crippen molar-refractivity contribution in [1.29, 1.82) is 0 Å². The van der Waals surface area contributed by atoms with Crippen LogP contribution in [-0.4, -0.2) is 25.1 Å². The molecule has 3 aromatic carbocycles. The second kappa shape index (κ2) is 8.99. The lowest BCUT2D eigenvalue weighted by Gasteiger charge is -2.15. The van der Waals surface area contributed by atoms with Gasteiger partial charge in [-0.2, -0.15) is 0 Å². The third-order valence-corrected chi connectivity index (χ3v) is 4.17. The van der Waals surface area contributed by atoms with E-state index < -0.39 is 30.9 Å². The molecule has 1 amide bonds. The summed E-state index contributed by atoms with van der Waals surface area (Å²) in [5.74, 6) is -1.38. The number of hydrogen-bond donors (Lipinski definition) is 1. The highest BCUT2D eigenvalue weighted by atomic mass is 19.1. The van der Waals surface area contributed by atoms with Crippen molar-refractivity contribution in [3.05, 3.63) is 78.1 Å². The molecule has 0 saturated carbocycles. The maximum atomic E-state index is 13.0. The summed E-state index contributed by atoms with van der Waals surface area (Å²) in [4.78, 5) is 23.7. The second-order valence-corrected chi connectivity index (χ2v) is 6.30. The van der Waals surface area contributed by atoms with Crippen LogP contribution in [0.4, 0.5) is 4.39 Å². The summed E-state index contributed by atoms with van der Waals surface area (Å²) in [5.41, 5.74) is 0.952. The smallest absolute Gasteiger partial charge is 0.344 e. The van der Waals surface area contributed by atoms with E-state index in [2.05, 4.69) is 5.32 Å². The van der Waals surface area contributed by atoms with Crippen LogP contribution in [0.15, 0.2) is 66.7 Å². The van der Waals surface area contributed by atoms with E-state index in [-0.39, 0.29) is 11.8 Å². The Hall–Kier alpha value is -3.41. The molecule has 3 rings (SSSR count). The predicted molar refractivity (Wildman–Crippen MR) is 103 cm³/mol. The molecule has 0 heterocycles. The van der Waals surface area contributed by atoms with E-state index in [9.17, 15) is 14.0 Å². The van der Waals surface area contributed by atoms with Gasteiger partial charge >= 0.3 is 5.97 Å². The summed E-state index contributed by atoms with van der Waals surface area (Å²) in [5, 5.41) is 5.00. The number of hydrogen-bond acceptors (Lipinski definition) is 4. The fourth-order valence-electron chi connectivity index (χ4n) is 2.73. The number of rotatable bonds is 7. The van der Waals surface area contributed by atoms with Crippen molar-refractivity contribution in [2.75, 3.05) is 13.2 Å². The van der Waals surface area contributed by atoms with Crippen molar-refractivity contribution in [3.8, 4) is 5.75 Å². The van der Waals surface area contributed by atoms with E-state index in [0.717, 1.165) is 22.4 Å². The van der Waals surface area contributed by atoms with Gasteiger partial charge in [-0.05, 0) is 41.5 Å². The zero-order chi connectivity index (χ0) is 19.9. The van der Waals surface area contributed by atoms with Crippen molar-refractivity contribution in [1.82, 2.24) is 5.32 Å². The SMILES string of the molecule is C[C@@H](NC(=O)COC(=O)COc1cccc(F)c1)c1ccc2ccccc2c1. The first kappa shape index (κ1) is 19.4. The molecule has 144 valence electrons. The average Bonchev–Trinajstić information content (AvgIpc) is 2.70. The number of fused-ring (bicyclic) bond motifs is 1. The maximum absolute atomic E-state index is 13.0. The van der Waals surface area contributed by atoms with Crippen LogP contribution in [0.3, 0.4) is 0 Å². The quantitative estimate of drug-likeness (QED) is 0.633. The van der Waals surface area contributed by atoms with E-state index in [0.29, 0.717) is 0 Å². The van der Waals surface area contributed by atoms with Crippen LogP contribution in [0.25, 0.3) is 10.8 Å². The van der Waals surface area contributed by atoms with Gasteiger partial charge in [-0.3, -0.25) is 4.79 Å². The third kappa shape index (κ3) is 5.30. The lowest BCUT2D eigenvalue weighted by Crippen LogP contribution is -2.31. The van der Waals surface area contributed by atoms with Crippen LogP contribution >= 0.6 is 0 Å². The molecule has 1 atom stereocenters. The summed E-state index contributed by atoms with van der Waals surface area (Å²) >= 11 is 0. The molecule has 6 heteroatoms. The van der Waals surface area contributed by atoms with Crippen LogP contribution in [0, 0.1) is 5.82 Å². The normalized spacial score (nSPS) is 11.6. The van der Waals surface area contributed by atoms with Crippen LogP contribution in [0.1, 0.15) is 18.5 Å². The third-order valence-electron chi connectivity index (χ3n) is 4.17. The van der Waals surface area contributed by atoms with Gasteiger partial charge in [0.2, 0.25) is 0 Å². The first-order chi connectivity index (χ1) is 13.5. The van der Waals surface area contributed by atoms with Gasteiger partial charge in [0.1, 0.15) is 11.6 Å². The summed E-state index contributed by atoms with van der Waals surface area (Å²) in [6.07, 6.45) is 0. The minimum Gasteiger partial charge on any atom is -0.482 e. The number of ether oxygens (including phenoxy) is 2. The van der Waals surface area contributed by atoms with Crippen LogP contribution < -0.4 is 10.1 Å². The molecule has 0 aromatic heterocycles. The van der Waals surface area contributed by atoms with Crippen molar-refractivity contribution in [3.63, 3.8) is 0 Å².